The van der Waals surface area contributed by atoms with Crippen molar-refractivity contribution in [2.45, 2.75) is 31.2 Å². The summed E-state index contributed by atoms with van der Waals surface area (Å²) in [6.45, 7) is 2.74. The number of benzene rings is 1. The topological polar surface area (TPSA) is 69.6 Å². The van der Waals surface area contributed by atoms with Crippen molar-refractivity contribution in [3.8, 4) is 5.75 Å². The molecular formula is C13H17NO3. The first kappa shape index (κ1) is 11.9. The summed E-state index contributed by atoms with van der Waals surface area (Å²) in [7, 11) is 0. The summed E-state index contributed by atoms with van der Waals surface area (Å²) in [5.74, 6) is -0.579. The minimum Gasteiger partial charge on any atom is -0.508 e. The molecule has 3 N–H and O–H groups in total. The number of nitrogens with one attached hydrogen (secondary N) is 1. The van der Waals surface area contributed by atoms with Crippen LogP contribution in [-0.2, 0) is 10.2 Å². The van der Waals surface area contributed by atoms with E-state index in [-0.39, 0.29) is 11.2 Å². The van der Waals surface area contributed by atoms with Gasteiger partial charge in [0.2, 0.25) is 0 Å². The van der Waals surface area contributed by atoms with Crippen LogP contribution in [0.2, 0.25) is 0 Å². The first-order valence-electron chi connectivity index (χ1n) is 5.77. The van der Waals surface area contributed by atoms with Crippen molar-refractivity contribution in [3.63, 3.8) is 0 Å². The van der Waals surface area contributed by atoms with E-state index in [4.69, 9.17) is 5.11 Å². The van der Waals surface area contributed by atoms with Crippen LogP contribution < -0.4 is 5.32 Å². The average Bonchev–Trinajstić information content (AvgIpc) is 2.29. The predicted molar refractivity (Wildman–Crippen MR) is 64.1 cm³/mol. The van der Waals surface area contributed by atoms with Gasteiger partial charge in [0.1, 0.15) is 11.8 Å². The molecule has 0 spiro atoms. The van der Waals surface area contributed by atoms with Gasteiger partial charge in [-0.2, -0.15) is 0 Å². The smallest absolute Gasteiger partial charge is 0.320 e. The molecule has 4 nitrogen and oxygen atoms in total. The largest absolute Gasteiger partial charge is 0.508 e. The monoisotopic (exact) mass is 235 g/mol. The van der Waals surface area contributed by atoms with Gasteiger partial charge in [0, 0.05) is 0 Å². The molecule has 1 heterocycles. The van der Waals surface area contributed by atoms with Gasteiger partial charge in [-0.15, -0.1) is 0 Å². The van der Waals surface area contributed by atoms with Crippen LogP contribution in [0.15, 0.2) is 24.3 Å². The van der Waals surface area contributed by atoms with E-state index >= 15 is 0 Å². The lowest BCUT2D eigenvalue weighted by Crippen LogP contribution is -2.48. The molecule has 1 saturated heterocycles. The third kappa shape index (κ3) is 2.42. The number of phenols is 1. The molecule has 0 bridgehead atoms. The predicted octanol–water partition coefficient (Wildman–Crippen LogP) is 1.49. The van der Waals surface area contributed by atoms with Crippen molar-refractivity contribution in [1.82, 2.24) is 5.32 Å². The van der Waals surface area contributed by atoms with Gasteiger partial charge >= 0.3 is 5.97 Å². The Morgan fingerprint density at radius 1 is 1.53 bits per heavy atom. The van der Waals surface area contributed by atoms with Gasteiger partial charge in [0.15, 0.2) is 0 Å². The van der Waals surface area contributed by atoms with Crippen molar-refractivity contribution >= 4 is 5.97 Å². The fourth-order valence-electron chi connectivity index (χ4n) is 2.47. The van der Waals surface area contributed by atoms with Crippen LogP contribution in [0.1, 0.15) is 25.3 Å². The van der Waals surface area contributed by atoms with Crippen LogP contribution in [-0.4, -0.2) is 28.8 Å². The van der Waals surface area contributed by atoms with E-state index in [0.717, 1.165) is 12.0 Å². The summed E-state index contributed by atoms with van der Waals surface area (Å²) < 4.78 is 0. The lowest BCUT2D eigenvalue weighted by molar-refractivity contribution is -0.140. The van der Waals surface area contributed by atoms with Crippen LogP contribution in [0.25, 0.3) is 0 Å². The van der Waals surface area contributed by atoms with E-state index in [1.807, 2.05) is 6.07 Å². The number of carbonyl (C=O) groups is 1. The van der Waals surface area contributed by atoms with Gasteiger partial charge in [0.05, 0.1) is 0 Å². The normalized spacial score (nSPS) is 28.9. The Hall–Kier alpha value is -1.55. The Bertz CT molecular complexity index is 432. The average molecular weight is 235 g/mol. The van der Waals surface area contributed by atoms with E-state index in [1.165, 1.54) is 0 Å². The van der Waals surface area contributed by atoms with Crippen LogP contribution >= 0.6 is 0 Å². The van der Waals surface area contributed by atoms with Crippen molar-refractivity contribution in [1.29, 1.82) is 0 Å². The molecule has 0 radical (unpaired) electrons. The maximum Gasteiger partial charge on any atom is 0.320 e. The minimum absolute atomic E-state index is 0.187. The van der Waals surface area contributed by atoms with Crippen LogP contribution in [0, 0.1) is 0 Å². The number of hydrogen-bond donors (Lipinski definition) is 3. The molecule has 0 saturated carbocycles. The number of rotatable bonds is 2. The first-order chi connectivity index (χ1) is 8.01. The second-order valence-corrected chi connectivity index (χ2v) is 4.91. The molecule has 1 fully saturated rings. The highest BCUT2D eigenvalue weighted by Gasteiger charge is 2.36. The van der Waals surface area contributed by atoms with Crippen molar-refractivity contribution in [2.24, 2.45) is 0 Å². The Labute approximate surface area is 100 Å². The zero-order valence-electron chi connectivity index (χ0n) is 9.81. The number of piperidine rings is 1. The number of carboxylic acid groups (broad SMARTS) is 1. The number of phenolic OH excluding ortho intramolecular Hbond substituents is 1. The fraction of sp³-hybridized carbons (Fsp3) is 0.462. The Morgan fingerprint density at radius 3 is 2.94 bits per heavy atom. The quantitative estimate of drug-likeness (QED) is 0.726. The Kier molecular flexibility index (Phi) is 3.07. The molecule has 0 unspecified atom stereocenters. The summed E-state index contributed by atoms with van der Waals surface area (Å²) in [5, 5.41) is 21.6. The van der Waals surface area contributed by atoms with Crippen LogP contribution in [0.4, 0.5) is 0 Å². The highest BCUT2D eigenvalue weighted by molar-refractivity contribution is 5.74. The van der Waals surface area contributed by atoms with Crippen molar-refractivity contribution in [3.05, 3.63) is 29.8 Å². The molecule has 2 rings (SSSR count). The maximum atomic E-state index is 11.0. The van der Waals surface area contributed by atoms with E-state index in [1.54, 1.807) is 18.2 Å². The number of aromatic hydroxyl groups is 1. The van der Waals surface area contributed by atoms with Crippen molar-refractivity contribution < 1.29 is 15.0 Å². The maximum absolute atomic E-state index is 11.0. The second kappa shape index (κ2) is 4.37. The lowest BCUT2D eigenvalue weighted by atomic mass is 9.72. The number of hydrogen-bond acceptors (Lipinski definition) is 3. The molecule has 2 atom stereocenters. The number of aliphatic carboxylic acids is 1. The van der Waals surface area contributed by atoms with Crippen molar-refractivity contribution in [2.75, 3.05) is 6.54 Å². The summed E-state index contributed by atoms with van der Waals surface area (Å²) in [6, 6.07) is 6.60. The summed E-state index contributed by atoms with van der Waals surface area (Å²) in [4.78, 5) is 11.0. The van der Waals surface area contributed by atoms with Gasteiger partial charge in [-0.1, -0.05) is 19.1 Å². The van der Waals surface area contributed by atoms with Gasteiger partial charge in [-0.25, -0.2) is 0 Å². The van der Waals surface area contributed by atoms with E-state index in [9.17, 15) is 9.90 Å². The van der Waals surface area contributed by atoms with Crippen LogP contribution in [0.5, 0.6) is 5.75 Å². The second-order valence-electron chi connectivity index (χ2n) is 4.91. The summed E-state index contributed by atoms with van der Waals surface area (Å²) in [6.07, 6.45) is 1.42. The lowest BCUT2D eigenvalue weighted by Gasteiger charge is -2.37. The zero-order chi connectivity index (χ0) is 12.5. The highest BCUT2D eigenvalue weighted by atomic mass is 16.4. The number of carboxylic acids is 1. The molecule has 17 heavy (non-hydrogen) atoms. The van der Waals surface area contributed by atoms with E-state index < -0.39 is 12.0 Å². The third-order valence-electron chi connectivity index (χ3n) is 3.56. The molecule has 0 aliphatic carbocycles. The molecule has 0 amide bonds. The molecule has 1 aliphatic heterocycles. The van der Waals surface area contributed by atoms with E-state index in [2.05, 4.69) is 12.2 Å². The molecule has 1 aromatic rings. The Morgan fingerprint density at radius 2 is 2.29 bits per heavy atom. The highest BCUT2D eigenvalue weighted by Crippen LogP contribution is 2.36. The SMILES string of the molecule is C[C@@]1(c2cccc(O)c2)CCN[C@H](C(=O)O)C1. The molecule has 92 valence electrons. The van der Waals surface area contributed by atoms with E-state index in [0.29, 0.717) is 13.0 Å². The van der Waals surface area contributed by atoms with Gasteiger partial charge < -0.3 is 15.5 Å². The third-order valence-corrected chi connectivity index (χ3v) is 3.56. The summed E-state index contributed by atoms with van der Waals surface area (Å²) >= 11 is 0. The van der Waals surface area contributed by atoms with Crippen LogP contribution in [0.3, 0.4) is 0 Å². The molecular weight excluding hydrogens is 218 g/mol. The first-order valence-corrected chi connectivity index (χ1v) is 5.77. The van der Waals surface area contributed by atoms with Gasteiger partial charge in [-0.3, -0.25) is 4.79 Å². The fourth-order valence-corrected chi connectivity index (χ4v) is 2.47. The van der Waals surface area contributed by atoms with Gasteiger partial charge in [-0.05, 0) is 42.5 Å². The minimum atomic E-state index is -0.809. The zero-order valence-corrected chi connectivity index (χ0v) is 9.81. The van der Waals surface area contributed by atoms with Gasteiger partial charge in [0.25, 0.3) is 0 Å². The molecule has 4 heteroatoms. The summed E-state index contributed by atoms with van der Waals surface area (Å²) in [5.41, 5.74) is 0.817. The standard InChI is InChI=1S/C13H17NO3/c1-13(9-3-2-4-10(15)7-9)5-6-14-11(8-13)12(16)17/h2-4,7,11,14-15H,5-6,8H2,1H3,(H,16,17)/t11-,13+/m0/s1. The Balaban J connectivity index is 2.26. The molecule has 1 aliphatic rings. The molecule has 1 aromatic carbocycles. The molecule has 0 aromatic heterocycles.